The monoisotopic (exact) mass is 612 g/mol. The first kappa shape index (κ1) is 28.6. The van der Waals surface area contributed by atoms with Gasteiger partial charge in [0.1, 0.15) is 16.5 Å². The van der Waals surface area contributed by atoms with Crippen LogP contribution in [0.3, 0.4) is 0 Å². The second-order valence-corrected chi connectivity index (χ2v) is 13.6. The van der Waals surface area contributed by atoms with Gasteiger partial charge in [0.2, 0.25) is 15.2 Å². The molecular weight excluding hydrogens is 582 g/mol. The summed E-state index contributed by atoms with van der Waals surface area (Å²) in [5.74, 6) is -1.81. The van der Waals surface area contributed by atoms with Gasteiger partial charge in [-0.15, -0.1) is 11.3 Å². The molecule has 0 bridgehead atoms. The van der Waals surface area contributed by atoms with E-state index < -0.39 is 26.7 Å². The quantitative estimate of drug-likeness (QED) is 0.231. The molecule has 2 heterocycles. The highest BCUT2D eigenvalue weighted by molar-refractivity contribution is 7.89. The minimum absolute atomic E-state index is 0.0898. The number of aromatic nitrogens is 3. The Morgan fingerprint density at radius 2 is 1.81 bits per heavy atom. The molecule has 8 nitrogen and oxygen atoms in total. The largest absolute Gasteiger partial charge is 0.476 e. The molecule has 0 saturated heterocycles. The van der Waals surface area contributed by atoms with Crippen molar-refractivity contribution in [3.05, 3.63) is 81.5 Å². The number of nitrogens with zero attached hydrogens (tertiary/aromatic N) is 3. The van der Waals surface area contributed by atoms with Crippen molar-refractivity contribution in [2.24, 2.45) is 11.1 Å². The molecule has 4 aromatic rings. The molecular formula is C30H30F2N4O4S2. The highest BCUT2D eigenvalue weighted by atomic mass is 32.2. The lowest BCUT2D eigenvalue weighted by Crippen LogP contribution is -2.14. The maximum Gasteiger partial charge on any atom is 0.355 e. The highest BCUT2D eigenvalue weighted by Gasteiger charge is 2.30. The van der Waals surface area contributed by atoms with Gasteiger partial charge in [0.25, 0.3) is 0 Å². The summed E-state index contributed by atoms with van der Waals surface area (Å²) in [7, 11) is -4.23. The molecule has 2 aromatic carbocycles. The number of hydrogen-bond acceptors (Lipinski definition) is 6. The number of aromatic carboxylic acids is 1. The van der Waals surface area contributed by atoms with E-state index in [1.165, 1.54) is 17.5 Å². The molecule has 6 rings (SSSR count). The molecule has 0 spiro atoms. The third-order valence-corrected chi connectivity index (χ3v) is 9.92. The topological polar surface area (TPSA) is 128 Å². The van der Waals surface area contributed by atoms with E-state index in [0.29, 0.717) is 39.9 Å². The van der Waals surface area contributed by atoms with Gasteiger partial charge in [0.05, 0.1) is 11.4 Å². The minimum atomic E-state index is -4.23. The van der Waals surface area contributed by atoms with Gasteiger partial charge in [-0.2, -0.15) is 5.10 Å². The lowest BCUT2D eigenvalue weighted by Gasteiger charge is -2.23. The molecule has 2 fully saturated rings. The molecule has 2 aliphatic rings. The molecule has 0 amide bonds. The highest BCUT2D eigenvalue weighted by Crippen LogP contribution is 2.40. The normalized spacial score (nSPS) is 16.2. The Morgan fingerprint density at radius 1 is 1.05 bits per heavy atom. The van der Waals surface area contributed by atoms with Gasteiger partial charge in [-0.25, -0.2) is 36.8 Å². The molecule has 0 atom stereocenters. The third-order valence-electron chi connectivity index (χ3n) is 8.16. The number of carboxylic acid groups (broad SMARTS) is 1. The number of nitrogens with two attached hydrogens (primary N) is 1. The van der Waals surface area contributed by atoms with Crippen molar-refractivity contribution in [1.29, 1.82) is 0 Å². The van der Waals surface area contributed by atoms with Gasteiger partial charge >= 0.3 is 5.97 Å². The lowest BCUT2D eigenvalue weighted by molar-refractivity contribution is 0.0691. The summed E-state index contributed by atoms with van der Waals surface area (Å²) in [6, 6.07) is 8.85. The van der Waals surface area contributed by atoms with E-state index in [1.807, 2.05) is 6.07 Å². The fourth-order valence-electron chi connectivity index (χ4n) is 5.83. The molecule has 2 aliphatic carbocycles. The predicted molar refractivity (Wildman–Crippen MR) is 154 cm³/mol. The van der Waals surface area contributed by atoms with Crippen molar-refractivity contribution in [3.8, 4) is 16.4 Å². The Labute approximate surface area is 246 Å². The molecule has 3 N–H and O–H groups in total. The number of thiazole rings is 1. The standard InChI is InChI=1S/C30H30F2N4O4S2/c31-23-10-9-20(15-21(23)19-4-2-1-3-5-19)28-22(12-18-8-11-27(24(32)13-18)42(33,39)40)26(14-17-6-7-17)36(35-28)30-34-25(16-41-30)29(37)38/h8-11,13,15-17,19H,1-7,12,14H2,(H,37,38)(H2,33,39,40). The predicted octanol–water partition coefficient (Wildman–Crippen LogP) is 6.21. The van der Waals surface area contributed by atoms with Gasteiger partial charge in [0.15, 0.2) is 5.69 Å². The molecule has 0 aliphatic heterocycles. The summed E-state index contributed by atoms with van der Waals surface area (Å²) in [5.41, 5.74) is 3.95. The van der Waals surface area contributed by atoms with Crippen LogP contribution in [-0.4, -0.2) is 34.3 Å². The second kappa shape index (κ2) is 11.3. The van der Waals surface area contributed by atoms with Gasteiger partial charge in [-0.1, -0.05) is 25.3 Å². The first-order valence-electron chi connectivity index (χ1n) is 14.0. The second-order valence-electron chi connectivity index (χ2n) is 11.2. The maximum absolute atomic E-state index is 15.1. The summed E-state index contributed by atoms with van der Waals surface area (Å²) in [4.78, 5) is 15.3. The maximum atomic E-state index is 15.1. The number of carbonyl (C=O) groups is 1. The molecule has 42 heavy (non-hydrogen) atoms. The van der Waals surface area contributed by atoms with E-state index in [2.05, 4.69) is 4.98 Å². The average molecular weight is 613 g/mol. The van der Waals surface area contributed by atoms with Crippen LogP contribution in [0.2, 0.25) is 0 Å². The Bertz CT molecular complexity index is 1770. The van der Waals surface area contributed by atoms with Crippen LogP contribution in [0.1, 0.15) is 83.7 Å². The number of benzene rings is 2. The average Bonchev–Trinajstić information content (AvgIpc) is 3.51. The van der Waals surface area contributed by atoms with Crippen LogP contribution in [-0.2, 0) is 22.9 Å². The zero-order valence-electron chi connectivity index (χ0n) is 22.7. The van der Waals surface area contributed by atoms with E-state index >= 15 is 4.39 Å². The number of primary sulfonamides is 1. The summed E-state index contributed by atoms with van der Waals surface area (Å²) in [6.45, 7) is 0. The number of sulfonamides is 1. The van der Waals surface area contributed by atoms with Crippen LogP contribution in [0.4, 0.5) is 8.78 Å². The van der Waals surface area contributed by atoms with Gasteiger partial charge in [-0.05, 0) is 85.4 Å². The van der Waals surface area contributed by atoms with E-state index in [-0.39, 0.29) is 23.8 Å². The Balaban J connectivity index is 1.51. The van der Waals surface area contributed by atoms with E-state index in [0.717, 1.165) is 79.7 Å². The van der Waals surface area contributed by atoms with Crippen LogP contribution >= 0.6 is 11.3 Å². The van der Waals surface area contributed by atoms with Crippen LogP contribution in [0.5, 0.6) is 0 Å². The third kappa shape index (κ3) is 5.88. The zero-order valence-corrected chi connectivity index (χ0v) is 24.4. The molecule has 0 unspecified atom stereocenters. The van der Waals surface area contributed by atoms with E-state index in [4.69, 9.17) is 10.2 Å². The Hall–Kier alpha value is -3.48. The van der Waals surface area contributed by atoms with Gasteiger partial charge in [-0.3, -0.25) is 0 Å². The van der Waals surface area contributed by atoms with Crippen molar-refractivity contribution in [2.75, 3.05) is 0 Å². The van der Waals surface area contributed by atoms with Crippen molar-refractivity contribution in [3.63, 3.8) is 0 Å². The zero-order chi connectivity index (χ0) is 29.6. The molecule has 12 heteroatoms. The summed E-state index contributed by atoms with van der Waals surface area (Å²) >= 11 is 1.16. The fourth-order valence-corrected chi connectivity index (χ4v) is 7.19. The fraction of sp³-hybridized carbons (Fsp3) is 0.367. The molecule has 0 radical (unpaired) electrons. The van der Waals surface area contributed by atoms with Crippen molar-refractivity contribution >= 4 is 27.3 Å². The first-order valence-corrected chi connectivity index (χ1v) is 16.4. The number of carboxylic acids is 1. The molecule has 2 aromatic heterocycles. The summed E-state index contributed by atoms with van der Waals surface area (Å²) in [6.07, 6.45) is 8.03. The molecule has 220 valence electrons. The van der Waals surface area contributed by atoms with Gasteiger partial charge in [0, 0.05) is 22.9 Å². The van der Waals surface area contributed by atoms with Crippen LogP contribution in [0, 0.1) is 17.6 Å². The lowest BCUT2D eigenvalue weighted by atomic mass is 9.83. The summed E-state index contributed by atoms with van der Waals surface area (Å²) < 4.78 is 55.2. The Kier molecular flexibility index (Phi) is 7.71. The number of hydrogen-bond donors (Lipinski definition) is 2. The van der Waals surface area contributed by atoms with Gasteiger partial charge < -0.3 is 5.11 Å². The summed E-state index contributed by atoms with van der Waals surface area (Å²) in [5, 5.41) is 21.4. The van der Waals surface area contributed by atoms with Crippen LogP contribution in [0.15, 0.2) is 46.7 Å². The van der Waals surface area contributed by atoms with Crippen LogP contribution in [0.25, 0.3) is 16.4 Å². The first-order chi connectivity index (χ1) is 20.1. The van der Waals surface area contributed by atoms with Crippen molar-refractivity contribution in [1.82, 2.24) is 14.8 Å². The Morgan fingerprint density at radius 3 is 2.45 bits per heavy atom. The number of halogens is 2. The van der Waals surface area contributed by atoms with Crippen LogP contribution < -0.4 is 5.14 Å². The molecule has 2 saturated carbocycles. The SMILES string of the molecule is NS(=O)(=O)c1ccc(Cc2c(-c3ccc(F)c(C4CCCCC4)c3)nn(-c3nc(C(=O)O)cs3)c2CC2CC2)cc1F. The van der Waals surface area contributed by atoms with E-state index in [1.54, 1.807) is 10.7 Å². The van der Waals surface area contributed by atoms with Crippen molar-refractivity contribution in [2.45, 2.75) is 68.6 Å². The minimum Gasteiger partial charge on any atom is -0.476 e. The smallest absolute Gasteiger partial charge is 0.355 e. The number of rotatable bonds is 9. The van der Waals surface area contributed by atoms with Crippen molar-refractivity contribution < 1.29 is 27.1 Å². The van der Waals surface area contributed by atoms with E-state index in [9.17, 15) is 22.7 Å².